The fourth-order valence-electron chi connectivity index (χ4n) is 5.82. The smallest absolute Gasteiger partial charge is 0.195 e. The molecule has 242 valence electrons. The van der Waals surface area contributed by atoms with Crippen molar-refractivity contribution >= 4 is 36.4 Å². The summed E-state index contributed by atoms with van der Waals surface area (Å²) in [5.74, 6) is 0.0334. The number of hydrogen-bond donors (Lipinski definition) is 0. The van der Waals surface area contributed by atoms with Crippen molar-refractivity contribution < 1.29 is 14.0 Å². The van der Waals surface area contributed by atoms with Gasteiger partial charge in [-0.1, -0.05) is 160 Å². The van der Waals surface area contributed by atoms with E-state index in [9.17, 15) is 4.79 Å². The maximum atomic E-state index is 14.8. The van der Waals surface area contributed by atoms with Gasteiger partial charge in [0.05, 0.1) is 19.8 Å². The summed E-state index contributed by atoms with van der Waals surface area (Å²) < 4.78 is 12.5. The fourth-order valence-corrected chi connectivity index (χ4v) is 6.78. The first-order chi connectivity index (χ1) is 23.1. The van der Waals surface area contributed by atoms with E-state index < -0.39 is 8.32 Å². The van der Waals surface area contributed by atoms with Crippen LogP contribution in [0, 0.1) is 0 Å². The van der Waals surface area contributed by atoms with Gasteiger partial charge in [0.1, 0.15) is 0 Å². The summed E-state index contributed by atoms with van der Waals surface area (Å²) >= 11 is 0. The molecule has 1 aliphatic rings. The Balaban J connectivity index is 1.36. The molecule has 0 saturated carbocycles. The molecule has 0 fully saturated rings. The van der Waals surface area contributed by atoms with Crippen molar-refractivity contribution in [3.05, 3.63) is 178 Å². The molecule has 0 saturated heterocycles. The van der Waals surface area contributed by atoms with Crippen LogP contribution in [0.1, 0.15) is 59.7 Å². The molecule has 6 rings (SSSR count). The van der Waals surface area contributed by atoms with E-state index >= 15 is 0 Å². The molecular formula is C44H44O3Si. The van der Waals surface area contributed by atoms with E-state index in [1.54, 1.807) is 0 Å². The topological polar surface area (TPSA) is 35.5 Å². The lowest BCUT2D eigenvalue weighted by Crippen LogP contribution is -2.40. The second kappa shape index (κ2) is 14.2. The van der Waals surface area contributed by atoms with Crippen molar-refractivity contribution in [3.8, 4) is 0 Å². The van der Waals surface area contributed by atoms with Crippen molar-refractivity contribution in [3.63, 3.8) is 0 Å². The molecule has 4 heteroatoms. The van der Waals surface area contributed by atoms with Gasteiger partial charge in [-0.05, 0) is 57.1 Å². The maximum absolute atomic E-state index is 14.8. The van der Waals surface area contributed by atoms with Gasteiger partial charge >= 0.3 is 0 Å². The molecule has 0 atom stereocenters. The van der Waals surface area contributed by atoms with Crippen LogP contribution in [0.3, 0.4) is 0 Å². The zero-order valence-corrected chi connectivity index (χ0v) is 29.6. The third-order valence-electron chi connectivity index (χ3n) is 9.60. The first-order valence-corrected chi connectivity index (χ1v) is 19.6. The minimum atomic E-state index is -1.89. The zero-order valence-electron chi connectivity index (χ0n) is 28.6. The summed E-state index contributed by atoms with van der Waals surface area (Å²) in [5, 5.41) is 0.141. The average molecular weight is 649 g/mol. The third kappa shape index (κ3) is 7.27. The first-order valence-electron chi connectivity index (χ1n) is 16.7. The molecule has 5 aromatic carbocycles. The molecular weight excluding hydrogens is 605 g/mol. The molecule has 48 heavy (non-hydrogen) atoms. The fraction of sp³-hybridized carbons (Fsp3) is 0.205. The lowest BCUT2D eigenvalue weighted by atomic mass is 9.89. The molecule has 0 unspecified atom stereocenters. The standard InChI is InChI=1S/C44H44O3Si/c1-44(2,3)48(4,5)47-31-34-23-27-38(28-24-34)42-40(36-19-13-8-14-20-36)39(35-17-11-7-12-18-35)41(43(42)45)37-25-21-33(22-26-37)30-46-29-32-15-9-6-10-16-32/h6-28H,29-31H2,1-5H3. The number of allylic oxidation sites excluding steroid dienone is 4. The number of carbonyl (C=O) groups excluding carboxylic acids is 1. The van der Waals surface area contributed by atoms with Gasteiger partial charge in [-0.2, -0.15) is 0 Å². The Labute approximate surface area is 286 Å². The highest BCUT2D eigenvalue weighted by atomic mass is 28.4. The van der Waals surface area contributed by atoms with E-state index in [0.29, 0.717) is 19.8 Å². The molecule has 0 N–H and O–H groups in total. The number of carbonyl (C=O) groups is 1. The van der Waals surface area contributed by atoms with Gasteiger partial charge < -0.3 is 9.16 Å². The lowest BCUT2D eigenvalue weighted by Gasteiger charge is -2.36. The van der Waals surface area contributed by atoms with Gasteiger partial charge in [-0.3, -0.25) is 4.79 Å². The van der Waals surface area contributed by atoms with Crippen LogP contribution in [0.4, 0.5) is 0 Å². The van der Waals surface area contributed by atoms with Crippen LogP contribution in [-0.2, 0) is 33.8 Å². The number of ether oxygens (including phenoxy) is 1. The SMILES string of the molecule is CC(C)(C)[Si](C)(C)OCc1ccc(C2=C(c3ccccc3)C(c3ccccc3)=C(c3ccc(COCc4ccccc4)cc3)C2=O)cc1. The van der Waals surface area contributed by atoms with Crippen molar-refractivity contribution in [1.29, 1.82) is 0 Å². The van der Waals surface area contributed by atoms with Crippen LogP contribution in [0.25, 0.3) is 22.3 Å². The van der Waals surface area contributed by atoms with Crippen LogP contribution in [0.15, 0.2) is 140 Å². The van der Waals surface area contributed by atoms with Crippen molar-refractivity contribution in [1.82, 2.24) is 0 Å². The largest absolute Gasteiger partial charge is 0.413 e. The third-order valence-corrected chi connectivity index (χ3v) is 14.1. The molecule has 0 aromatic heterocycles. The monoisotopic (exact) mass is 648 g/mol. The van der Waals surface area contributed by atoms with Gasteiger partial charge in [0.25, 0.3) is 0 Å². The van der Waals surface area contributed by atoms with Gasteiger partial charge in [0.15, 0.2) is 14.1 Å². The Bertz CT molecular complexity index is 1910. The summed E-state index contributed by atoms with van der Waals surface area (Å²) in [6.45, 7) is 12.9. The summed E-state index contributed by atoms with van der Waals surface area (Å²) in [6, 6.07) is 47.4. The second-order valence-corrected chi connectivity index (χ2v) is 18.8. The lowest BCUT2D eigenvalue weighted by molar-refractivity contribution is -0.108. The predicted octanol–water partition coefficient (Wildman–Crippen LogP) is 11.0. The molecule has 3 nitrogen and oxygen atoms in total. The number of benzene rings is 5. The highest BCUT2D eigenvalue weighted by Gasteiger charge is 2.37. The molecule has 0 radical (unpaired) electrons. The minimum absolute atomic E-state index is 0.0334. The van der Waals surface area contributed by atoms with Crippen LogP contribution in [0.2, 0.25) is 18.1 Å². The molecule has 0 spiro atoms. The summed E-state index contributed by atoms with van der Waals surface area (Å²) in [7, 11) is -1.89. The van der Waals surface area contributed by atoms with Crippen molar-refractivity contribution in [2.75, 3.05) is 0 Å². The number of rotatable bonds is 11. The highest BCUT2D eigenvalue weighted by molar-refractivity contribution is 6.74. The molecule has 0 bridgehead atoms. The van der Waals surface area contributed by atoms with Crippen LogP contribution in [0.5, 0.6) is 0 Å². The molecule has 5 aromatic rings. The number of ketones is 1. The summed E-state index contributed by atoms with van der Waals surface area (Å²) in [4.78, 5) is 14.8. The normalized spacial score (nSPS) is 13.8. The van der Waals surface area contributed by atoms with E-state index in [0.717, 1.165) is 61.2 Å². The van der Waals surface area contributed by atoms with Crippen LogP contribution < -0.4 is 0 Å². The Hall–Kier alpha value is -4.61. The van der Waals surface area contributed by atoms with Gasteiger partial charge in [0, 0.05) is 22.3 Å². The summed E-state index contributed by atoms with van der Waals surface area (Å²) in [6.07, 6.45) is 0. The molecule has 1 aliphatic carbocycles. The van der Waals surface area contributed by atoms with Crippen LogP contribution in [-0.4, -0.2) is 14.1 Å². The second-order valence-electron chi connectivity index (χ2n) is 14.0. The quantitative estimate of drug-likeness (QED) is 0.134. The van der Waals surface area contributed by atoms with Crippen molar-refractivity contribution in [2.24, 2.45) is 0 Å². The maximum Gasteiger partial charge on any atom is 0.195 e. The molecule has 0 aliphatic heterocycles. The summed E-state index contributed by atoms with van der Waals surface area (Å²) in [5.41, 5.74) is 10.5. The Morgan fingerprint density at radius 3 is 1.23 bits per heavy atom. The van der Waals surface area contributed by atoms with Gasteiger partial charge in [-0.25, -0.2) is 0 Å². The number of hydrogen-bond acceptors (Lipinski definition) is 3. The van der Waals surface area contributed by atoms with Crippen LogP contribution >= 0.6 is 0 Å². The van der Waals surface area contributed by atoms with Gasteiger partial charge in [-0.15, -0.1) is 0 Å². The highest BCUT2D eigenvalue weighted by Crippen LogP contribution is 2.49. The van der Waals surface area contributed by atoms with E-state index in [1.165, 1.54) is 0 Å². The van der Waals surface area contributed by atoms with E-state index in [1.807, 2.05) is 54.6 Å². The van der Waals surface area contributed by atoms with Gasteiger partial charge in [0.2, 0.25) is 0 Å². The Morgan fingerprint density at radius 1 is 0.458 bits per heavy atom. The van der Waals surface area contributed by atoms with E-state index in [4.69, 9.17) is 9.16 Å². The Morgan fingerprint density at radius 2 is 0.812 bits per heavy atom. The Kier molecular flexibility index (Phi) is 9.88. The van der Waals surface area contributed by atoms with E-state index in [-0.39, 0.29) is 10.8 Å². The predicted molar refractivity (Wildman–Crippen MR) is 201 cm³/mol. The molecule has 0 heterocycles. The van der Waals surface area contributed by atoms with Crippen molar-refractivity contribution in [2.45, 2.75) is 58.7 Å². The molecule has 0 amide bonds. The minimum Gasteiger partial charge on any atom is -0.413 e. The average Bonchev–Trinajstić information content (AvgIpc) is 3.41. The number of Topliss-reactive ketones (excluding diaryl/α,β-unsaturated/α-hetero) is 1. The zero-order chi connectivity index (χ0) is 33.7. The van der Waals surface area contributed by atoms with E-state index in [2.05, 4.69) is 119 Å². The first kappa shape index (κ1) is 33.3.